The molecule has 5 nitrogen and oxygen atoms in total. The van der Waals surface area contributed by atoms with Gasteiger partial charge in [0.25, 0.3) is 5.89 Å². The van der Waals surface area contributed by atoms with Crippen LogP contribution in [0.5, 0.6) is 0 Å². The summed E-state index contributed by atoms with van der Waals surface area (Å²) in [4.78, 5) is 16.4. The smallest absolute Gasteiger partial charge is 0.344 e. The molecule has 0 amide bonds. The average molecular weight is 438 g/mol. The van der Waals surface area contributed by atoms with Crippen LogP contribution < -0.4 is 5.63 Å². The first kappa shape index (κ1) is 16.3. The van der Waals surface area contributed by atoms with Crippen LogP contribution in [0.15, 0.2) is 60.7 Å². The molecule has 0 N–H and O–H groups in total. The van der Waals surface area contributed by atoms with Gasteiger partial charge in [0.2, 0.25) is 5.82 Å². The molecule has 0 aliphatic carbocycles. The van der Waals surface area contributed by atoms with Crippen LogP contribution in [0.1, 0.15) is 0 Å². The first-order valence-corrected chi connectivity index (χ1v) is 8.60. The zero-order valence-corrected chi connectivity index (χ0v) is 15.4. The molecule has 0 fully saturated rings. The lowest BCUT2D eigenvalue weighted by Crippen LogP contribution is -2.00. The highest BCUT2D eigenvalue weighted by atomic mass is 79.9. The summed E-state index contributed by atoms with van der Waals surface area (Å²) in [6, 6.07) is 11.9. The van der Waals surface area contributed by atoms with Gasteiger partial charge in [-0.2, -0.15) is 4.98 Å². The summed E-state index contributed by atoms with van der Waals surface area (Å²) in [6.07, 6.45) is 0. The van der Waals surface area contributed by atoms with E-state index in [1.165, 1.54) is 0 Å². The van der Waals surface area contributed by atoms with Gasteiger partial charge in [-0.3, -0.25) is 0 Å². The molecule has 2 aromatic carbocycles. The standard InChI is InChI=1S/C17H7BrCl2N2O3/c18-12-3-1-2-9-11(12)7-14(24-17(9)23)16-21-15(22-25-16)10-5-4-8(19)6-13(10)20/h1-7H. The van der Waals surface area contributed by atoms with Gasteiger partial charge in [0.1, 0.15) is 0 Å². The van der Waals surface area contributed by atoms with Crippen molar-refractivity contribution in [2.45, 2.75) is 0 Å². The van der Waals surface area contributed by atoms with Crippen molar-refractivity contribution in [3.63, 3.8) is 0 Å². The molecule has 25 heavy (non-hydrogen) atoms. The molecule has 2 aromatic heterocycles. The summed E-state index contributed by atoms with van der Waals surface area (Å²) in [5, 5.41) is 5.94. The number of benzene rings is 2. The summed E-state index contributed by atoms with van der Waals surface area (Å²) in [5.74, 6) is 0.524. The molecule has 4 rings (SSSR count). The van der Waals surface area contributed by atoms with Crippen LogP contribution in [-0.4, -0.2) is 10.1 Å². The molecular weight excluding hydrogens is 431 g/mol. The highest BCUT2D eigenvalue weighted by molar-refractivity contribution is 9.10. The Balaban J connectivity index is 1.84. The minimum atomic E-state index is -0.488. The van der Waals surface area contributed by atoms with Gasteiger partial charge in [-0.1, -0.05) is 50.4 Å². The van der Waals surface area contributed by atoms with E-state index in [1.807, 2.05) is 6.07 Å². The molecule has 0 radical (unpaired) electrons. The molecule has 0 saturated heterocycles. The van der Waals surface area contributed by atoms with E-state index in [1.54, 1.807) is 36.4 Å². The van der Waals surface area contributed by atoms with Crippen molar-refractivity contribution in [2.24, 2.45) is 0 Å². The van der Waals surface area contributed by atoms with Gasteiger partial charge in [-0.05, 0) is 36.4 Å². The van der Waals surface area contributed by atoms with Crippen LogP contribution in [-0.2, 0) is 0 Å². The van der Waals surface area contributed by atoms with E-state index >= 15 is 0 Å². The molecule has 8 heteroatoms. The largest absolute Gasteiger partial charge is 0.417 e. The lowest BCUT2D eigenvalue weighted by Gasteiger charge is -2.00. The van der Waals surface area contributed by atoms with E-state index in [0.717, 1.165) is 4.47 Å². The van der Waals surface area contributed by atoms with Gasteiger partial charge in [0.15, 0.2) is 5.76 Å². The van der Waals surface area contributed by atoms with E-state index in [4.69, 9.17) is 32.1 Å². The van der Waals surface area contributed by atoms with Crippen molar-refractivity contribution in [1.29, 1.82) is 0 Å². The Morgan fingerprint density at radius 3 is 2.68 bits per heavy atom. The van der Waals surface area contributed by atoms with E-state index in [9.17, 15) is 4.79 Å². The van der Waals surface area contributed by atoms with Gasteiger partial charge >= 0.3 is 5.63 Å². The van der Waals surface area contributed by atoms with Gasteiger partial charge in [-0.25, -0.2) is 4.79 Å². The summed E-state index contributed by atoms with van der Waals surface area (Å²) in [6.45, 7) is 0. The zero-order valence-electron chi connectivity index (χ0n) is 12.3. The van der Waals surface area contributed by atoms with Gasteiger partial charge < -0.3 is 8.94 Å². The first-order chi connectivity index (χ1) is 12.0. The average Bonchev–Trinajstić information content (AvgIpc) is 3.05. The fourth-order valence-corrected chi connectivity index (χ4v) is 3.36. The molecule has 0 aliphatic heterocycles. The molecule has 2 heterocycles. The molecule has 0 spiro atoms. The molecule has 0 saturated carbocycles. The monoisotopic (exact) mass is 436 g/mol. The van der Waals surface area contributed by atoms with Crippen LogP contribution in [0, 0.1) is 0 Å². The maximum Gasteiger partial charge on any atom is 0.344 e. The van der Waals surface area contributed by atoms with Gasteiger partial charge in [0, 0.05) is 20.4 Å². The number of nitrogens with zero attached hydrogens (tertiary/aromatic N) is 2. The second-order valence-corrected chi connectivity index (χ2v) is 6.84. The zero-order chi connectivity index (χ0) is 17.6. The Hall–Kier alpha value is -2.15. The van der Waals surface area contributed by atoms with Crippen LogP contribution >= 0.6 is 39.1 Å². The molecule has 0 unspecified atom stereocenters. The Kier molecular flexibility index (Phi) is 4.11. The number of hydrogen-bond donors (Lipinski definition) is 0. The summed E-state index contributed by atoms with van der Waals surface area (Å²) in [5.41, 5.74) is 0.0726. The van der Waals surface area contributed by atoms with E-state index in [-0.39, 0.29) is 17.5 Å². The maximum absolute atomic E-state index is 12.2. The topological polar surface area (TPSA) is 69.1 Å². The SMILES string of the molecule is O=c1oc(-c2nc(-c3ccc(Cl)cc3Cl)no2)cc2c(Br)cccc12. The summed E-state index contributed by atoms with van der Waals surface area (Å²) >= 11 is 15.5. The van der Waals surface area contributed by atoms with Crippen LogP contribution in [0.25, 0.3) is 33.8 Å². The van der Waals surface area contributed by atoms with Gasteiger partial charge in [-0.15, -0.1) is 0 Å². The number of hydrogen-bond acceptors (Lipinski definition) is 5. The highest BCUT2D eigenvalue weighted by Crippen LogP contribution is 2.31. The summed E-state index contributed by atoms with van der Waals surface area (Å²) < 4.78 is 11.3. The third-order valence-corrected chi connectivity index (χ3v) is 4.80. The van der Waals surface area contributed by atoms with E-state index in [2.05, 4.69) is 26.1 Å². The fourth-order valence-electron chi connectivity index (χ4n) is 2.39. The quantitative estimate of drug-likeness (QED) is 0.409. The van der Waals surface area contributed by atoms with Crippen molar-refractivity contribution >= 4 is 49.9 Å². The Bertz CT molecular complexity index is 1170. The second kappa shape index (κ2) is 6.29. The molecular formula is C17H7BrCl2N2O3. The van der Waals surface area contributed by atoms with Crippen LogP contribution in [0.4, 0.5) is 0 Å². The normalized spacial score (nSPS) is 11.2. The number of rotatable bonds is 2. The third-order valence-electron chi connectivity index (χ3n) is 3.56. The van der Waals surface area contributed by atoms with E-state index < -0.39 is 5.63 Å². The third kappa shape index (κ3) is 2.97. The Labute approximate surface area is 159 Å². The lowest BCUT2D eigenvalue weighted by atomic mass is 10.1. The number of fused-ring (bicyclic) bond motifs is 1. The molecule has 124 valence electrons. The number of aromatic nitrogens is 2. The van der Waals surface area contributed by atoms with E-state index in [0.29, 0.717) is 26.4 Å². The Morgan fingerprint density at radius 2 is 1.88 bits per heavy atom. The summed E-state index contributed by atoms with van der Waals surface area (Å²) in [7, 11) is 0. The molecule has 0 atom stereocenters. The Morgan fingerprint density at radius 1 is 1.04 bits per heavy atom. The van der Waals surface area contributed by atoms with Gasteiger partial charge in [0.05, 0.1) is 10.4 Å². The second-order valence-electron chi connectivity index (χ2n) is 5.15. The predicted octanol–water partition coefficient (Wildman–Crippen LogP) is 5.58. The maximum atomic E-state index is 12.2. The lowest BCUT2D eigenvalue weighted by molar-refractivity contribution is 0.411. The van der Waals surface area contributed by atoms with Crippen molar-refractivity contribution in [1.82, 2.24) is 10.1 Å². The van der Waals surface area contributed by atoms with Crippen LogP contribution in [0.2, 0.25) is 10.0 Å². The predicted molar refractivity (Wildman–Crippen MR) is 98.9 cm³/mol. The number of halogens is 3. The highest BCUT2D eigenvalue weighted by Gasteiger charge is 2.17. The fraction of sp³-hybridized carbons (Fsp3) is 0. The van der Waals surface area contributed by atoms with Crippen molar-refractivity contribution in [3.05, 3.63) is 67.4 Å². The molecule has 4 aromatic rings. The minimum absolute atomic E-state index is 0.0794. The van der Waals surface area contributed by atoms with Crippen molar-refractivity contribution < 1.29 is 8.94 Å². The molecule has 0 aliphatic rings. The van der Waals surface area contributed by atoms with Crippen LogP contribution in [0.3, 0.4) is 0 Å². The first-order valence-electron chi connectivity index (χ1n) is 7.05. The van der Waals surface area contributed by atoms with Crippen molar-refractivity contribution in [3.8, 4) is 23.0 Å². The minimum Gasteiger partial charge on any atom is -0.417 e. The van der Waals surface area contributed by atoms with Crippen molar-refractivity contribution in [2.75, 3.05) is 0 Å². The molecule has 0 bridgehead atoms.